The largest absolute Gasteiger partial charge is 0.484 e. The first kappa shape index (κ1) is 19.6. The molecule has 2 aromatic carbocycles. The second-order valence-corrected chi connectivity index (χ2v) is 7.58. The summed E-state index contributed by atoms with van der Waals surface area (Å²) in [5.41, 5.74) is 1.26. The quantitative estimate of drug-likeness (QED) is 0.759. The smallest absolute Gasteiger partial charge is 0.260 e. The number of nitrogens with one attached hydrogen (secondary N) is 1. The van der Waals surface area contributed by atoms with Crippen LogP contribution in [0.15, 0.2) is 54.6 Å². The molecule has 0 bridgehead atoms. The molecular formula is C23H27N3O3. The molecule has 0 aliphatic carbocycles. The van der Waals surface area contributed by atoms with E-state index in [0.717, 1.165) is 45.7 Å². The van der Waals surface area contributed by atoms with Gasteiger partial charge < -0.3 is 15.0 Å². The number of carbonyl (C=O) groups excluding carboxylic acids is 2. The Morgan fingerprint density at radius 2 is 1.62 bits per heavy atom. The minimum Gasteiger partial charge on any atom is -0.484 e. The molecule has 1 N–H and O–H groups in total. The SMILES string of the molecule is O=C(c1ccccc1)c1ccc(OCC(=O)N2CCC(N3CCNCC3)C2)cc1. The van der Waals surface area contributed by atoms with E-state index in [0.29, 0.717) is 22.9 Å². The van der Waals surface area contributed by atoms with Gasteiger partial charge in [-0.15, -0.1) is 0 Å². The van der Waals surface area contributed by atoms with Crippen molar-refractivity contribution in [3.8, 4) is 5.75 Å². The summed E-state index contributed by atoms with van der Waals surface area (Å²) in [5.74, 6) is 0.595. The number of ketones is 1. The number of amides is 1. The molecule has 1 atom stereocenters. The van der Waals surface area contributed by atoms with Crippen LogP contribution in [0.3, 0.4) is 0 Å². The molecular weight excluding hydrogens is 366 g/mol. The van der Waals surface area contributed by atoms with E-state index >= 15 is 0 Å². The third kappa shape index (κ3) is 4.83. The van der Waals surface area contributed by atoms with Crippen LogP contribution in [-0.2, 0) is 4.79 Å². The fourth-order valence-electron chi connectivity index (χ4n) is 4.01. The summed E-state index contributed by atoms with van der Waals surface area (Å²) in [5, 5.41) is 3.37. The van der Waals surface area contributed by atoms with Gasteiger partial charge in [0, 0.05) is 56.4 Å². The van der Waals surface area contributed by atoms with Crippen LogP contribution in [0.2, 0.25) is 0 Å². The molecule has 2 heterocycles. The lowest BCUT2D eigenvalue weighted by Crippen LogP contribution is -2.49. The van der Waals surface area contributed by atoms with Crippen LogP contribution < -0.4 is 10.1 Å². The van der Waals surface area contributed by atoms with Crippen LogP contribution in [0.5, 0.6) is 5.75 Å². The maximum Gasteiger partial charge on any atom is 0.260 e. The number of nitrogens with zero attached hydrogens (tertiary/aromatic N) is 2. The Morgan fingerprint density at radius 3 is 2.34 bits per heavy atom. The van der Waals surface area contributed by atoms with Gasteiger partial charge in [-0.2, -0.15) is 0 Å². The van der Waals surface area contributed by atoms with Crippen molar-refractivity contribution in [2.24, 2.45) is 0 Å². The molecule has 2 saturated heterocycles. The number of likely N-dealkylation sites (tertiary alicyclic amines) is 1. The molecule has 2 aliphatic rings. The molecule has 6 nitrogen and oxygen atoms in total. The van der Waals surface area contributed by atoms with Crippen LogP contribution in [-0.4, -0.2) is 73.4 Å². The molecule has 2 fully saturated rings. The average Bonchev–Trinajstić information content (AvgIpc) is 3.29. The summed E-state index contributed by atoms with van der Waals surface area (Å²) in [6, 6.07) is 16.6. The zero-order valence-electron chi connectivity index (χ0n) is 16.5. The highest BCUT2D eigenvalue weighted by Crippen LogP contribution is 2.18. The van der Waals surface area contributed by atoms with Gasteiger partial charge in [-0.1, -0.05) is 30.3 Å². The Bertz CT molecular complexity index is 832. The number of benzene rings is 2. The highest BCUT2D eigenvalue weighted by molar-refractivity contribution is 6.08. The summed E-state index contributed by atoms with van der Waals surface area (Å²) in [4.78, 5) is 29.4. The van der Waals surface area contributed by atoms with Crippen molar-refractivity contribution in [1.82, 2.24) is 15.1 Å². The summed E-state index contributed by atoms with van der Waals surface area (Å²) in [7, 11) is 0. The van der Waals surface area contributed by atoms with Crippen molar-refractivity contribution in [2.75, 3.05) is 45.9 Å². The summed E-state index contributed by atoms with van der Waals surface area (Å²) in [6.07, 6.45) is 1.03. The summed E-state index contributed by atoms with van der Waals surface area (Å²) in [6.45, 7) is 5.76. The zero-order valence-corrected chi connectivity index (χ0v) is 16.5. The van der Waals surface area contributed by atoms with Gasteiger partial charge in [-0.25, -0.2) is 0 Å². The first-order valence-corrected chi connectivity index (χ1v) is 10.3. The molecule has 0 radical (unpaired) electrons. The van der Waals surface area contributed by atoms with Crippen LogP contribution in [0, 0.1) is 0 Å². The van der Waals surface area contributed by atoms with Gasteiger partial charge >= 0.3 is 0 Å². The lowest BCUT2D eigenvalue weighted by atomic mass is 10.0. The van der Waals surface area contributed by atoms with E-state index in [2.05, 4.69) is 10.2 Å². The van der Waals surface area contributed by atoms with Crippen molar-refractivity contribution < 1.29 is 14.3 Å². The van der Waals surface area contributed by atoms with Crippen molar-refractivity contribution in [3.63, 3.8) is 0 Å². The van der Waals surface area contributed by atoms with E-state index in [1.165, 1.54) is 0 Å². The lowest BCUT2D eigenvalue weighted by Gasteiger charge is -2.32. The lowest BCUT2D eigenvalue weighted by molar-refractivity contribution is -0.132. The molecule has 6 heteroatoms. The van der Waals surface area contributed by atoms with Crippen LogP contribution in [0.4, 0.5) is 0 Å². The van der Waals surface area contributed by atoms with Gasteiger partial charge in [-0.05, 0) is 30.7 Å². The molecule has 29 heavy (non-hydrogen) atoms. The van der Waals surface area contributed by atoms with Gasteiger partial charge in [0.2, 0.25) is 0 Å². The number of piperazine rings is 1. The molecule has 0 spiro atoms. The first-order valence-electron chi connectivity index (χ1n) is 10.3. The predicted octanol–water partition coefficient (Wildman–Crippen LogP) is 1.80. The minimum absolute atomic E-state index is 0.0204. The number of hydrogen-bond donors (Lipinski definition) is 1. The van der Waals surface area contributed by atoms with Crippen molar-refractivity contribution in [3.05, 3.63) is 65.7 Å². The molecule has 152 valence electrons. The molecule has 1 amide bonds. The Morgan fingerprint density at radius 1 is 0.931 bits per heavy atom. The third-order valence-electron chi connectivity index (χ3n) is 5.70. The van der Waals surface area contributed by atoms with E-state index in [-0.39, 0.29) is 18.3 Å². The van der Waals surface area contributed by atoms with Gasteiger partial charge in [0.25, 0.3) is 5.91 Å². The van der Waals surface area contributed by atoms with Crippen LogP contribution >= 0.6 is 0 Å². The van der Waals surface area contributed by atoms with Crippen LogP contribution in [0.1, 0.15) is 22.3 Å². The van der Waals surface area contributed by atoms with Crippen molar-refractivity contribution in [1.29, 1.82) is 0 Å². The zero-order chi connectivity index (χ0) is 20.1. The second kappa shape index (κ2) is 9.20. The van der Waals surface area contributed by atoms with E-state index in [9.17, 15) is 9.59 Å². The molecule has 1 unspecified atom stereocenters. The molecule has 4 rings (SSSR count). The summed E-state index contributed by atoms with van der Waals surface area (Å²) >= 11 is 0. The van der Waals surface area contributed by atoms with E-state index in [4.69, 9.17) is 4.74 Å². The number of carbonyl (C=O) groups is 2. The van der Waals surface area contributed by atoms with E-state index < -0.39 is 0 Å². The first-order chi connectivity index (χ1) is 14.2. The van der Waals surface area contributed by atoms with E-state index in [1.54, 1.807) is 36.4 Å². The van der Waals surface area contributed by atoms with Gasteiger partial charge in [0.1, 0.15) is 5.75 Å². The normalized spacial score (nSPS) is 19.9. The average molecular weight is 393 g/mol. The molecule has 0 saturated carbocycles. The number of ether oxygens (including phenoxy) is 1. The van der Waals surface area contributed by atoms with Gasteiger partial charge in [-0.3, -0.25) is 14.5 Å². The molecule has 2 aromatic rings. The predicted molar refractivity (Wildman–Crippen MR) is 111 cm³/mol. The maximum absolute atomic E-state index is 12.5. The van der Waals surface area contributed by atoms with Gasteiger partial charge in [0.05, 0.1) is 0 Å². The monoisotopic (exact) mass is 393 g/mol. The molecule has 2 aliphatic heterocycles. The Balaban J connectivity index is 1.27. The topological polar surface area (TPSA) is 61.9 Å². The van der Waals surface area contributed by atoms with Crippen molar-refractivity contribution in [2.45, 2.75) is 12.5 Å². The Hall–Kier alpha value is -2.70. The Labute approximate surface area is 171 Å². The second-order valence-electron chi connectivity index (χ2n) is 7.58. The molecule has 0 aromatic heterocycles. The van der Waals surface area contributed by atoms with Gasteiger partial charge in [0.15, 0.2) is 12.4 Å². The fourth-order valence-corrected chi connectivity index (χ4v) is 4.01. The minimum atomic E-state index is -0.0238. The van der Waals surface area contributed by atoms with Crippen molar-refractivity contribution >= 4 is 11.7 Å². The van der Waals surface area contributed by atoms with E-state index in [1.807, 2.05) is 23.1 Å². The number of hydrogen-bond acceptors (Lipinski definition) is 5. The standard InChI is InChI=1S/C23H27N3O3/c27-22(26-13-10-20(16-26)25-14-11-24-12-15-25)17-29-21-8-6-19(7-9-21)23(28)18-4-2-1-3-5-18/h1-9,20,24H,10-17H2. The maximum atomic E-state index is 12.5. The third-order valence-corrected chi connectivity index (χ3v) is 5.70. The fraction of sp³-hybridized carbons (Fsp3) is 0.391. The summed E-state index contributed by atoms with van der Waals surface area (Å²) < 4.78 is 5.68. The number of rotatable bonds is 6. The highest BCUT2D eigenvalue weighted by Gasteiger charge is 2.30. The Kier molecular flexibility index (Phi) is 6.22. The highest BCUT2D eigenvalue weighted by atomic mass is 16.5. The van der Waals surface area contributed by atoms with Crippen LogP contribution in [0.25, 0.3) is 0 Å².